The molecule has 2 aromatic rings. The van der Waals surface area contributed by atoms with E-state index in [-0.39, 0.29) is 5.91 Å². The molecule has 1 amide bonds. The molecule has 0 saturated carbocycles. The number of halogens is 1. The second kappa shape index (κ2) is 3.62. The number of hydrogen-bond acceptors (Lipinski definition) is 3. The summed E-state index contributed by atoms with van der Waals surface area (Å²) in [7, 11) is 3.37. The van der Waals surface area contributed by atoms with Crippen LogP contribution in [0, 0.1) is 0 Å². The van der Waals surface area contributed by atoms with Crippen LogP contribution in [0.25, 0.3) is 5.65 Å². The summed E-state index contributed by atoms with van der Waals surface area (Å²) in [6, 6.07) is 3.57. The molecule has 0 spiro atoms. The Morgan fingerprint density at radius 1 is 1.53 bits per heavy atom. The Hall–Kier alpha value is -1.43. The molecule has 0 unspecified atom stereocenters. The van der Waals surface area contributed by atoms with Crippen LogP contribution in [-0.4, -0.2) is 39.5 Å². The third kappa shape index (κ3) is 1.61. The minimum absolute atomic E-state index is 0.146. The maximum Gasteiger partial charge on any atom is 0.274 e. The number of nitrogens with zero attached hydrogens (tertiary/aromatic N) is 4. The lowest BCUT2D eigenvalue weighted by Crippen LogP contribution is -2.22. The van der Waals surface area contributed by atoms with Crippen molar-refractivity contribution < 1.29 is 4.79 Å². The quantitative estimate of drug-likeness (QED) is 0.781. The summed E-state index contributed by atoms with van der Waals surface area (Å²) in [6.45, 7) is 0. The van der Waals surface area contributed by atoms with Crippen LogP contribution in [0.1, 0.15) is 10.5 Å². The number of hydrogen-bond donors (Lipinski definition) is 0. The van der Waals surface area contributed by atoms with E-state index in [1.54, 1.807) is 36.9 Å². The van der Waals surface area contributed by atoms with Crippen molar-refractivity contribution in [2.24, 2.45) is 0 Å². The largest absolute Gasteiger partial charge is 0.343 e. The van der Waals surface area contributed by atoms with Gasteiger partial charge in [-0.25, -0.2) is 9.50 Å². The molecule has 6 heteroatoms. The number of fused-ring (bicyclic) bond motifs is 1. The summed E-state index contributed by atoms with van der Waals surface area (Å²) >= 11 is 3.31. The zero-order valence-corrected chi connectivity index (χ0v) is 9.89. The predicted molar refractivity (Wildman–Crippen MR) is 58.7 cm³/mol. The van der Waals surface area contributed by atoms with Gasteiger partial charge in [0.05, 0.1) is 0 Å². The van der Waals surface area contributed by atoms with Gasteiger partial charge in [0.1, 0.15) is 4.60 Å². The second-order valence-corrected chi connectivity index (χ2v) is 4.00. The summed E-state index contributed by atoms with van der Waals surface area (Å²) in [6.07, 6.45) is 1.64. The van der Waals surface area contributed by atoms with Gasteiger partial charge in [0, 0.05) is 20.3 Å². The summed E-state index contributed by atoms with van der Waals surface area (Å²) in [5, 5.41) is 4.08. The van der Waals surface area contributed by atoms with E-state index in [9.17, 15) is 4.79 Å². The maximum absolute atomic E-state index is 11.7. The molecule has 0 fully saturated rings. The SMILES string of the molecule is CN(C)C(=O)c1nc2cccnn2c1Br. The van der Waals surface area contributed by atoms with Crippen molar-refractivity contribution >= 4 is 27.5 Å². The molecule has 2 aromatic heterocycles. The Morgan fingerprint density at radius 2 is 2.27 bits per heavy atom. The third-order valence-electron chi connectivity index (χ3n) is 1.95. The minimum Gasteiger partial charge on any atom is -0.343 e. The number of imidazole rings is 1. The first-order valence-corrected chi connectivity index (χ1v) is 5.11. The van der Waals surface area contributed by atoms with Crippen LogP contribution in [0.3, 0.4) is 0 Å². The molecule has 5 nitrogen and oxygen atoms in total. The molecule has 0 bridgehead atoms. The molecule has 0 aliphatic heterocycles. The number of aromatic nitrogens is 3. The van der Waals surface area contributed by atoms with Crippen molar-refractivity contribution in [1.82, 2.24) is 19.5 Å². The van der Waals surface area contributed by atoms with Crippen LogP contribution in [0.4, 0.5) is 0 Å². The average molecular weight is 269 g/mol. The zero-order valence-electron chi connectivity index (χ0n) is 8.31. The van der Waals surface area contributed by atoms with E-state index in [1.165, 1.54) is 4.90 Å². The highest BCUT2D eigenvalue weighted by atomic mass is 79.9. The van der Waals surface area contributed by atoms with Crippen LogP contribution in [-0.2, 0) is 0 Å². The van der Waals surface area contributed by atoms with Crippen LogP contribution in [0.2, 0.25) is 0 Å². The highest BCUT2D eigenvalue weighted by molar-refractivity contribution is 9.10. The van der Waals surface area contributed by atoms with Crippen LogP contribution in [0.5, 0.6) is 0 Å². The van der Waals surface area contributed by atoms with Gasteiger partial charge in [0.25, 0.3) is 5.91 Å². The molecule has 0 atom stereocenters. The molecule has 2 rings (SSSR count). The Bertz CT molecular complexity index is 520. The third-order valence-corrected chi connectivity index (χ3v) is 2.66. The number of carbonyl (C=O) groups is 1. The first-order chi connectivity index (χ1) is 7.11. The van der Waals surface area contributed by atoms with Gasteiger partial charge in [-0.15, -0.1) is 0 Å². The summed E-state index contributed by atoms with van der Waals surface area (Å²) in [4.78, 5) is 17.4. The first kappa shape index (κ1) is 10.1. The van der Waals surface area contributed by atoms with E-state index >= 15 is 0 Å². The van der Waals surface area contributed by atoms with Gasteiger partial charge < -0.3 is 4.90 Å². The highest BCUT2D eigenvalue weighted by Crippen LogP contribution is 2.18. The lowest BCUT2D eigenvalue weighted by atomic mass is 10.4. The Kier molecular flexibility index (Phi) is 2.44. The Morgan fingerprint density at radius 3 is 2.87 bits per heavy atom. The standard InChI is InChI=1S/C9H9BrN4O/c1-13(2)9(15)7-8(10)14-6(12-7)4-3-5-11-14/h3-5H,1-2H3. The van der Waals surface area contributed by atoms with Crippen molar-refractivity contribution in [2.45, 2.75) is 0 Å². The van der Waals surface area contributed by atoms with E-state index in [1.807, 2.05) is 0 Å². The van der Waals surface area contributed by atoms with Crippen molar-refractivity contribution in [3.63, 3.8) is 0 Å². The van der Waals surface area contributed by atoms with Gasteiger partial charge in [-0.05, 0) is 28.1 Å². The van der Waals surface area contributed by atoms with Gasteiger partial charge in [-0.3, -0.25) is 4.79 Å². The van der Waals surface area contributed by atoms with Crippen molar-refractivity contribution in [2.75, 3.05) is 14.1 Å². The smallest absolute Gasteiger partial charge is 0.274 e. The van der Waals surface area contributed by atoms with Crippen molar-refractivity contribution in [1.29, 1.82) is 0 Å². The first-order valence-electron chi connectivity index (χ1n) is 4.32. The minimum atomic E-state index is -0.146. The average Bonchev–Trinajstić information content (AvgIpc) is 2.56. The topological polar surface area (TPSA) is 50.5 Å². The van der Waals surface area contributed by atoms with Crippen LogP contribution in [0.15, 0.2) is 22.9 Å². The van der Waals surface area contributed by atoms with E-state index in [0.717, 1.165) is 0 Å². The lowest BCUT2D eigenvalue weighted by Gasteiger charge is -2.07. The summed E-state index contributed by atoms with van der Waals surface area (Å²) in [5.41, 5.74) is 1.02. The molecule has 78 valence electrons. The maximum atomic E-state index is 11.7. The molecule has 0 saturated heterocycles. The molecule has 15 heavy (non-hydrogen) atoms. The van der Waals surface area contributed by atoms with E-state index in [0.29, 0.717) is 15.9 Å². The molecular formula is C9H9BrN4O. The van der Waals surface area contributed by atoms with Crippen molar-refractivity contribution in [3.8, 4) is 0 Å². The molecule has 2 heterocycles. The number of carbonyl (C=O) groups excluding carboxylic acids is 1. The molecule has 0 radical (unpaired) electrons. The van der Waals surface area contributed by atoms with Gasteiger partial charge in [0.15, 0.2) is 11.3 Å². The Balaban J connectivity index is 2.63. The van der Waals surface area contributed by atoms with Gasteiger partial charge >= 0.3 is 0 Å². The summed E-state index contributed by atoms with van der Waals surface area (Å²) in [5.74, 6) is -0.146. The summed E-state index contributed by atoms with van der Waals surface area (Å²) < 4.78 is 2.16. The molecule has 0 aliphatic carbocycles. The Labute approximate surface area is 94.8 Å². The van der Waals surface area contributed by atoms with Gasteiger partial charge in [-0.2, -0.15) is 5.10 Å². The number of amides is 1. The fourth-order valence-corrected chi connectivity index (χ4v) is 1.74. The highest BCUT2D eigenvalue weighted by Gasteiger charge is 2.18. The predicted octanol–water partition coefficient (Wildman–Crippen LogP) is 1.19. The van der Waals surface area contributed by atoms with Crippen molar-refractivity contribution in [3.05, 3.63) is 28.6 Å². The molecular weight excluding hydrogens is 260 g/mol. The second-order valence-electron chi connectivity index (χ2n) is 3.24. The monoisotopic (exact) mass is 268 g/mol. The van der Waals surface area contributed by atoms with E-state index < -0.39 is 0 Å². The van der Waals surface area contributed by atoms with E-state index in [4.69, 9.17) is 0 Å². The fourth-order valence-electron chi connectivity index (χ4n) is 1.21. The van der Waals surface area contributed by atoms with Crippen LogP contribution < -0.4 is 0 Å². The number of rotatable bonds is 1. The van der Waals surface area contributed by atoms with E-state index in [2.05, 4.69) is 26.0 Å². The van der Waals surface area contributed by atoms with Gasteiger partial charge in [-0.1, -0.05) is 0 Å². The zero-order chi connectivity index (χ0) is 11.0. The lowest BCUT2D eigenvalue weighted by molar-refractivity contribution is 0.0821. The van der Waals surface area contributed by atoms with Crippen LogP contribution >= 0.6 is 15.9 Å². The fraction of sp³-hybridized carbons (Fsp3) is 0.222. The molecule has 0 aromatic carbocycles. The molecule has 0 aliphatic rings. The molecule has 0 N–H and O–H groups in total. The normalized spacial score (nSPS) is 10.6. The van der Waals surface area contributed by atoms with Gasteiger partial charge in [0.2, 0.25) is 0 Å².